The van der Waals surface area contributed by atoms with E-state index < -0.39 is 26.2 Å². The third-order valence-corrected chi connectivity index (χ3v) is 3.04. The largest absolute Gasteiger partial charge is 0.330 e. The molecular weight excluding hydrogens is 272 g/mol. The van der Waals surface area contributed by atoms with Crippen LogP contribution in [0.1, 0.15) is 10.4 Å². The van der Waals surface area contributed by atoms with E-state index in [1.54, 1.807) is 12.1 Å². The van der Waals surface area contributed by atoms with E-state index in [2.05, 4.69) is 5.14 Å². The number of hydrogen-bond acceptors (Lipinski definition) is 5. The molecule has 0 fully saturated rings. The Kier molecular flexibility index (Phi) is 3.52. The van der Waals surface area contributed by atoms with E-state index in [4.69, 9.17) is 13.0 Å². The maximum atomic E-state index is 11.1. The molecule has 10 heteroatoms. The quantitative estimate of drug-likeness (QED) is 0.513. The lowest BCUT2D eigenvalue weighted by molar-refractivity contribution is 0.0985. The lowest BCUT2D eigenvalue weighted by atomic mass is 10.2. The Morgan fingerprint density at radius 1 is 1.24 bits per heavy atom. The van der Waals surface area contributed by atoms with Crippen molar-refractivity contribution in [2.75, 3.05) is 0 Å². The highest BCUT2D eigenvalue weighted by Gasteiger charge is 2.31. The highest BCUT2D eigenvalue weighted by molar-refractivity contribution is 7.90. The van der Waals surface area contributed by atoms with Crippen molar-refractivity contribution in [1.82, 2.24) is 4.72 Å². The molecular formula is C7H8N2O6S2. The second kappa shape index (κ2) is 4.41. The molecule has 0 spiro atoms. The van der Waals surface area contributed by atoms with E-state index in [0.29, 0.717) is 0 Å². The molecule has 1 aromatic carbocycles. The number of nitrogens with two attached hydrogens (primary N) is 1. The summed E-state index contributed by atoms with van der Waals surface area (Å²) >= 11 is 0. The van der Waals surface area contributed by atoms with Gasteiger partial charge >= 0.3 is 10.3 Å². The summed E-state index contributed by atoms with van der Waals surface area (Å²) in [7, 11) is -7.72. The fraction of sp³-hybridized carbons (Fsp3) is 0. The zero-order valence-corrected chi connectivity index (χ0v) is 9.82. The number of hydrogen-bond donors (Lipinski definition) is 3. The van der Waals surface area contributed by atoms with Crippen LogP contribution in [-0.2, 0) is 20.3 Å². The van der Waals surface area contributed by atoms with Crippen LogP contribution in [0.15, 0.2) is 29.2 Å². The number of rotatable bonds is 0. The third-order valence-electron chi connectivity index (χ3n) is 1.65. The van der Waals surface area contributed by atoms with Crippen molar-refractivity contribution in [3.05, 3.63) is 29.8 Å². The van der Waals surface area contributed by atoms with E-state index in [0.717, 1.165) is 0 Å². The first-order valence-electron chi connectivity index (χ1n) is 4.02. The number of nitrogens with one attached hydrogen (secondary N) is 1. The fourth-order valence-corrected chi connectivity index (χ4v) is 2.29. The zero-order chi connectivity index (χ0) is 13.3. The number of carbonyl (C=O) groups is 1. The van der Waals surface area contributed by atoms with Gasteiger partial charge in [-0.2, -0.15) is 8.42 Å². The molecule has 0 unspecified atom stereocenters. The average Bonchev–Trinajstić information content (AvgIpc) is 2.36. The molecule has 4 N–H and O–H groups in total. The summed E-state index contributed by atoms with van der Waals surface area (Å²) < 4.78 is 49.4. The van der Waals surface area contributed by atoms with Gasteiger partial charge in [0.15, 0.2) is 0 Å². The highest BCUT2D eigenvalue weighted by atomic mass is 32.2. The number of amides is 1. The molecule has 94 valence electrons. The Bertz CT molecular complexity index is 641. The van der Waals surface area contributed by atoms with Gasteiger partial charge < -0.3 is 0 Å². The topological polar surface area (TPSA) is 144 Å². The van der Waals surface area contributed by atoms with Crippen LogP contribution in [0.3, 0.4) is 0 Å². The van der Waals surface area contributed by atoms with Crippen LogP contribution in [0.5, 0.6) is 0 Å². The summed E-state index contributed by atoms with van der Waals surface area (Å²) in [6.07, 6.45) is 0. The van der Waals surface area contributed by atoms with E-state index >= 15 is 0 Å². The Morgan fingerprint density at radius 2 is 1.71 bits per heavy atom. The molecule has 17 heavy (non-hydrogen) atoms. The van der Waals surface area contributed by atoms with Crippen LogP contribution in [0, 0.1) is 0 Å². The van der Waals surface area contributed by atoms with Crippen molar-refractivity contribution < 1.29 is 26.2 Å². The van der Waals surface area contributed by atoms with Crippen molar-refractivity contribution in [2.45, 2.75) is 4.90 Å². The molecule has 0 atom stereocenters. The second-order valence-electron chi connectivity index (χ2n) is 2.95. The lowest BCUT2D eigenvalue weighted by Gasteiger charge is -1.91. The summed E-state index contributed by atoms with van der Waals surface area (Å²) in [4.78, 5) is 11.1. The predicted octanol–water partition coefficient (Wildman–Crippen LogP) is -1.13. The van der Waals surface area contributed by atoms with E-state index in [1.807, 2.05) is 4.72 Å². The first-order chi connectivity index (χ1) is 7.61. The monoisotopic (exact) mass is 280 g/mol. The van der Waals surface area contributed by atoms with Gasteiger partial charge in [-0.25, -0.2) is 18.3 Å². The molecule has 8 nitrogen and oxygen atoms in total. The average molecular weight is 280 g/mol. The Labute approximate surface area is 97.4 Å². The van der Waals surface area contributed by atoms with Gasteiger partial charge in [-0.05, 0) is 12.1 Å². The molecule has 0 aliphatic carbocycles. The van der Waals surface area contributed by atoms with Crippen molar-refractivity contribution in [1.29, 1.82) is 0 Å². The molecule has 2 rings (SSSR count). The molecule has 0 bridgehead atoms. The van der Waals surface area contributed by atoms with Gasteiger partial charge in [0.2, 0.25) is 0 Å². The molecule has 1 heterocycles. The summed E-state index contributed by atoms with van der Waals surface area (Å²) in [5.74, 6) is -0.550. The standard InChI is InChI=1S/C7H5NO3S.H3NO3S/c9-7-5-3-1-2-4-6(5)12(10,11)8-7;1-5(2,3)4/h1-4H,(H,8,9);(H3,1,2,3,4). The van der Waals surface area contributed by atoms with Crippen molar-refractivity contribution in [3.63, 3.8) is 0 Å². The van der Waals surface area contributed by atoms with E-state index in [1.165, 1.54) is 12.1 Å². The zero-order valence-electron chi connectivity index (χ0n) is 8.19. The predicted molar refractivity (Wildman–Crippen MR) is 56.8 cm³/mol. The normalized spacial score (nSPS) is 16.5. The first-order valence-corrected chi connectivity index (χ1v) is 7.01. The Balaban J connectivity index is 0.000000249. The molecule has 1 aromatic rings. The first kappa shape index (κ1) is 13.6. The van der Waals surface area contributed by atoms with Gasteiger partial charge in [-0.15, -0.1) is 0 Å². The summed E-state index contributed by atoms with van der Waals surface area (Å²) in [5.41, 5.74) is 0.220. The minimum absolute atomic E-state index is 0.0648. The van der Waals surface area contributed by atoms with Crippen LogP contribution >= 0.6 is 0 Å². The van der Waals surface area contributed by atoms with E-state index in [9.17, 15) is 13.2 Å². The van der Waals surface area contributed by atoms with Gasteiger partial charge in [0.1, 0.15) is 4.90 Å². The van der Waals surface area contributed by atoms with Crippen molar-refractivity contribution in [3.8, 4) is 0 Å². The Hall–Kier alpha value is -1.49. The van der Waals surface area contributed by atoms with Gasteiger partial charge in [0.25, 0.3) is 15.9 Å². The minimum Gasteiger partial charge on any atom is -0.274 e. The van der Waals surface area contributed by atoms with Crippen LogP contribution in [-0.4, -0.2) is 27.3 Å². The van der Waals surface area contributed by atoms with Crippen molar-refractivity contribution >= 4 is 26.2 Å². The maximum Gasteiger partial charge on any atom is 0.330 e. The molecule has 0 radical (unpaired) electrons. The van der Waals surface area contributed by atoms with Crippen LogP contribution < -0.4 is 9.86 Å². The van der Waals surface area contributed by atoms with Gasteiger partial charge in [0.05, 0.1) is 5.56 Å². The van der Waals surface area contributed by atoms with Gasteiger partial charge in [-0.1, -0.05) is 12.1 Å². The van der Waals surface area contributed by atoms with E-state index in [-0.39, 0.29) is 10.5 Å². The van der Waals surface area contributed by atoms with Crippen molar-refractivity contribution in [2.24, 2.45) is 5.14 Å². The maximum absolute atomic E-state index is 11.1. The minimum atomic E-state index is -4.17. The lowest BCUT2D eigenvalue weighted by Crippen LogP contribution is -2.20. The summed E-state index contributed by atoms with van der Waals surface area (Å²) in [6, 6.07) is 6.09. The molecule has 1 aliphatic heterocycles. The number of benzene rings is 1. The number of fused-ring (bicyclic) bond motifs is 1. The van der Waals surface area contributed by atoms with Crippen LogP contribution in [0.4, 0.5) is 0 Å². The number of sulfonamides is 1. The summed E-state index contributed by atoms with van der Waals surface area (Å²) in [6.45, 7) is 0. The van der Waals surface area contributed by atoms with Crippen LogP contribution in [0.2, 0.25) is 0 Å². The smallest absolute Gasteiger partial charge is 0.274 e. The van der Waals surface area contributed by atoms with Crippen LogP contribution in [0.25, 0.3) is 0 Å². The molecule has 0 saturated heterocycles. The highest BCUT2D eigenvalue weighted by Crippen LogP contribution is 2.20. The fourth-order valence-electron chi connectivity index (χ4n) is 1.12. The van der Waals surface area contributed by atoms with Gasteiger partial charge in [-0.3, -0.25) is 9.35 Å². The molecule has 1 aliphatic rings. The number of carbonyl (C=O) groups excluding carboxylic acids is 1. The van der Waals surface area contributed by atoms with Gasteiger partial charge in [0, 0.05) is 0 Å². The SMILES string of the molecule is NS(=O)(=O)O.O=C1NS(=O)(=O)c2ccccc21. The summed E-state index contributed by atoms with van der Waals surface area (Å²) in [5, 5.41) is 3.88. The third kappa shape index (κ3) is 3.78. The Morgan fingerprint density at radius 3 is 2.18 bits per heavy atom. The molecule has 1 amide bonds. The molecule has 0 saturated carbocycles. The second-order valence-corrected chi connectivity index (χ2v) is 5.63. The molecule has 0 aromatic heterocycles.